The number of sulfonamides is 1. The normalized spacial score (nSPS) is 21.6. The molecule has 1 heterocycles. The lowest BCUT2D eigenvalue weighted by atomic mass is 10.2. The molecule has 2 aliphatic rings. The van der Waals surface area contributed by atoms with Crippen molar-refractivity contribution in [2.45, 2.75) is 55.6 Å². The van der Waals surface area contributed by atoms with Gasteiger partial charge in [0.15, 0.2) is 0 Å². The number of ether oxygens (including phenoxy) is 1. The molecule has 2 fully saturated rings. The molecule has 0 bridgehead atoms. The molecule has 25 heavy (non-hydrogen) atoms. The van der Waals surface area contributed by atoms with Crippen LogP contribution in [0.25, 0.3) is 0 Å². The zero-order valence-corrected chi connectivity index (χ0v) is 15.5. The number of hydrogen-bond donors (Lipinski definition) is 2. The second kappa shape index (κ2) is 8.03. The minimum Gasteiger partial charge on any atom is -0.377 e. The van der Waals surface area contributed by atoms with E-state index in [1.54, 1.807) is 6.07 Å². The van der Waals surface area contributed by atoms with Crippen molar-refractivity contribution in [3.8, 4) is 0 Å². The van der Waals surface area contributed by atoms with Crippen LogP contribution in [-0.4, -0.2) is 39.6 Å². The van der Waals surface area contributed by atoms with Crippen LogP contribution in [0.3, 0.4) is 0 Å². The van der Waals surface area contributed by atoms with Crippen LogP contribution in [-0.2, 0) is 14.8 Å². The van der Waals surface area contributed by atoms with Gasteiger partial charge in [-0.1, -0.05) is 24.4 Å². The van der Waals surface area contributed by atoms with Gasteiger partial charge in [0.2, 0.25) is 10.0 Å². The Morgan fingerprint density at radius 1 is 1.20 bits per heavy atom. The van der Waals surface area contributed by atoms with Gasteiger partial charge in [-0.15, -0.1) is 0 Å². The molecule has 0 spiro atoms. The molecule has 1 atom stereocenters. The van der Waals surface area contributed by atoms with Gasteiger partial charge >= 0.3 is 0 Å². The number of hydrogen-bond acceptors (Lipinski definition) is 4. The second-order valence-electron chi connectivity index (χ2n) is 6.59. The van der Waals surface area contributed by atoms with Crippen LogP contribution in [0.1, 0.15) is 48.9 Å². The lowest BCUT2D eigenvalue weighted by Crippen LogP contribution is -2.33. The molecule has 1 amide bonds. The van der Waals surface area contributed by atoms with Crippen molar-refractivity contribution in [1.82, 2.24) is 10.0 Å². The third kappa shape index (κ3) is 4.73. The Hall–Kier alpha value is -1.15. The molecule has 0 aromatic heterocycles. The lowest BCUT2D eigenvalue weighted by Gasteiger charge is -2.14. The predicted octanol–water partition coefficient (Wildman–Crippen LogP) is 2.47. The van der Waals surface area contributed by atoms with E-state index in [0.29, 0.717) is 12.2 Å². The molecule has 1 aliphatic carbocycles. The van der Waals surface area contributed by atoms with Crippen LogP contribution in [0.15, 0.2) is 23.1 Å². The molecular formula is C17H23ClN2O4S. The minimum atomic E-state index is -3.80. The molecule has 1 aromatic carbocycles. The van der Waals surface area contributed by atoms with Gasteiger partial charge in [-0.3, -0.25) is 4.79 Å². The summed E-state index contributed by atoms with van der Waals surface area (Å²) < 4.78 is 33.0. The van der Waals surface area contributed by atoms with Crippen molar-refractivity contribution < 1.29 is 17.9 Å². The summed E-state index contributed by atoms with van der Waals surface area (Å²) in [6.45, 7) is 0.862. The third-order valence-corrected chi connectivity index (χ3v) is 6.60. The van der Waals surface area contributed by atoms with E-state index in [-0.39, 0.29) is 34.5 Å². The summed E-state index contributed by atoms with van der Waals surface area (Å²) in [6, 6.07) is 4.50. The molecule has 1 saturated carbocycles. The van der Waals surface area contributed by atoms with Crippen molar-refractivity contribution >= 4 is 27.5 Å². The number of halogens is 1. The van der Waals surface area contributed by atoms with Gasteiger partial charge < -0.3 is 10.1 Å². The van der Waals surface area contributed by atoms with Gasteiger partial charge in [-0.25, -0.2) is 13.1 Å². The van der Waals surface area contributed by atoms with E-state index < -0.39 is 10.0 Å². The number of nitrogens with one attached hydrogen (secondary N) is 2. The van der Waals surface area contributed by atoms with Gasteiger partial charge in [-0.05, 0) is 43.9 Å². The Morgan fingerprint density at radius 2 is 1.96 bits per heavy atom. The van der Waals surface area contributed by atoms with Crippen molar-refractivity contribution in [2.24, 2.45) is 0 Å². The molecule has 1 aliphatic heterocycles. The maximum Gasteiger partial charge on any atom is 0.251 e. The molecule has 1 saturated heterocycles. The highest BCUT2D eigenvalue weighted by Gasteiger charge is 2.24. The van der Waals surface area contributed by atoms with Crippen LogP contribution in [0.4, 0.5) is 0 Å². The fraction of sp³-hybridized carbons (Fsp3) is 0.588. The molecule has 8 heteroatoms. The minimum absolute atomic E-state index is 0.0776. The average molecular weight is 387 g/mol. The number of carbonyl (C=O) groups is 1. The Balaban J connectivity index is 1.72. The molecule has 6 nitrogen and oxygen atoms in total. The van der Waals surface area contributed by atoms with Crippen LogP contribution in [0.2, 0.25) is 5.02 Å². The quantitative estimate of drug-likeness (QED) is 0.786. The average Bonchev–Trinajstić information content (AvgIpc) is 3.27. The largest absolute Gasteiger partial charge is 0.377 e. The van der Waals surface area contributed by atoms with E-state index in [4.69, 9.17) is 16.3 Å². The van der Waals surface area contributed by atoms with E-state index in [1.165, 1.54) is 12.1 Å². The maximum atomic E-state index is 12.5. The summed E-state index contributed by atoms with van der Waals surface area (Å²) in [7, 11) is -3.80. The Kier molecular flexibility index (Phi) is 5.99. The first-order valence-corrected chi connectivity index (χ1v) is 10.5. The summed E-state index contributed by atoms with van der Waals surface area (Å²) in [6.07, 6.45) is 5.81. The number of amides is 1. The first-order chi connectivity index (χ1) is 12.0. The van der Waals surface area contributed by atoms with Gasteiger partial charge in [0.25, 0.3) is 5.91 Å². The third-order valence-electron chi connectivity index (χ3n) is 4.70. The molecule has 2 N–H and O–H groups in total. The number of carbonyl (C=O) groups excluding carboxylic acids is 1. The van der Waals surface area contributed by atoms with Gasteiger partial charge in [-0.2, -0.15) is 0 Å². The molecular weight excluding hydrogens is 364 g/mol. The highest BCUT2D eigenvalue weighted by Crippen LogP contribution is 2.24. The summed E-state index contributed by atoms with van der Waals surface area (Å²) >= 11 is 6.07. The Labute approximate surface area is 153 Å². The first-order valence-electron chi connectivity index (χ1n) is 8.67. The van der Waals surface area contributed by atoms with E-state index in [2.05, 4.69) is 10.0 Å². The SMILES string of the molecule is O=C(NC1CCCC1)c1ccc(Cl)c(S(=O)(=O)NCC2CCCO2)c1. The van der Waals surface area contributed by atoms with Gasteiger partial charge in [0, 0.05) is 24.8 Å². The maximum absolute atomic E-state index is 12.5. The fourth-order valence-corrected chi connectivity index (χ4v) is 4.87. The van der Waals surface area contributed by atoms with Crippen LogP contribution in [0, 0.1) is 0 Å². The highest BCUT2D eigenvalue weighted by atomic mass is 35.5. The smallest absolute Gasteiger partial charge is 0.251 e. The fourth-order valence-electron chi connectivity index (χ4n) is 3.28. The zero-order chi connectivity index (χ0) is 17.9. The molecule has 0 radical (unpaired) electrons. The van der Waals surface area contributed by atoms with Gasteiger partial charge in [0.05, 0.1) is 11.1 Å². The Bertz CT molecular complexity index is 726. The van der Waals surface area contributed by atoms with Crippen LogP contribution in [0.5, 0.6) is 0 Å². The summed E-state index contributed by atoms with van der Waals surface area (Å²) in [4.78, 5) is 12.3. The summed E-state index contributed by atoms with van der Waals surface area (Å²) in [5, 5.41) is 3.05. The molecule has 3 rings (SSSR count). The highest BCUT2D eigenvalue weighted by molar-refractivity contribution is 7.89. The topological polar surface area (TPSA) is 84.5 Å². The van der Waals surface area contributed by atoms with Gasteiger partial charge in [0.1, 0.15) is 4.90 Å². The van der Waals surface area contributed by atoms with E-state index in [1.807, 2.05) is 0 Å². The number of rotatable bonds is 6. The van der Waals surface area contributed by atoms with E-state index in [0.717, 1.165) is 38.5 Å². The van der Waals surface area contributed by atoms with Crippen molar-refractivity contribution in [2.75, 3.05) is 13.2 Å². The van der Waals surface area contributed by atoms with E-state index >= 15 is 0 Å². The Morgan fingerprint density at radius 3 is 2.64 bits per heavy atom. The van der Waals surface area contributed by atoms with Crippen molar-refractivity contribution in [3.63, 3.8) is 0 Å². The number of benzene rings is 1. The molecule has 1 aromatic rings. The predicted molar refractivity (Wildman–Crippen MR) is 95.3 cm³/mol. The second-order valence-corrected chi connectivity index (χ2v) is 8.73. The zero-order valence-electron chi connectivity index (χ0n) is 14.0. The first kappa shape index (κ1) is 18.6. The molecule has 138 valence electrons. The monoisotopic (exact) mass is 386 g/mol. The summed E-state index contributed by atoms with van der Waals surface area (Å²) in [5.74, 6) is -0.265. The van der Waals surface area contributed by atoms with Crippen molar-refractivity contribution in [1.29, 1.82) is 0 Å². The molecule has 1 unspecified atom stereocenters. The van der Waals surface area contributed by atoms with Crippen molar-refractivity contribution in [3.05, 3.63) is 28.8 Å². The lowest BCUT2D eigenvalue weighted by molar-refractivity contribution is 0.0937. The van der Waals surface area contributed by atoms with E-state index in [9.17, 15) is 13.2 Å². The van der Waals surface area contributed by atoms with Crippen LogP contribution < -0.4 is 10.0 Å². The summed E-state index contributed by atoms with van der Waals surface area (Å²) in [5.41, 5.74) is 0.300. The standard InChI is InChI=1S/C17H23ClN2O4S/c18-15-8-7-12(17(21)20-13-4-1-2-5-13)10-16(15)25(22,23)19-11-14-6-3-9-24-14/h7-8,10,13-14,19H,1-6,9,11H2,(H,20,21). The van der Waals surface area contributed by atoms with Crippen LogP contribution >= 0.6 is 11.6 Å².